The molecule has 5 N–H and O–H groups in total. The van der Waals surface area contributed by atoms with E-state index >= 15 is 0 Å². The van der Waals surface area contributed by atoms with E-state index in [0.29, 0.717) is 17.0 Å². The lowest BCUT2D eigenvalue weighted by Gasteiger charge is -2.16. The Bertz CT molecular complexity index is 684. The molecule has 0 aliphatic heterocycles. The number of anilines is 1. The van der Waals surface area contributed by atoms with Gasteiger partial charge in [-0.2, -0.15) is 0 Å². The molecule has 0 spiro atoms. The number of nitrogens with zero attached hydrogens (tertiary/aromatic N) is 4. The average Bonchev–Trinajstić information content (AvgIpc) is 2.76. The zero-order valence-electron chi connectivity index (χ0n) is 11.2. The lowest BCUT2D eigenvalue weighted by molar-refractivity contribution is 0.0202. The average molecular weight is 317 g/mol. The number of aliphatic hydroxyl groups excluding tert-OH is 1. The topological polar surface area (TPSA) is 157 Å². The van der Waals surface area contributed by atoms with Crippen molar-refractivity contribution < 1.29 is 24.2 Å². The van der Waals surface area contributed by atoms with Crippen LogP contribution >= 0.6 is 7.60 Å². The van der Waals surface area contributed by atoms with Gasteiger partial charge in [0.2, 0.25) is 0 Å². The van der Waals surface area contributed by atoms with Gasteiger partial charge in [0.15, 0.2) is 11.5 Å². The fourth-order valence-corrected chi connectivity index (χ4v) is 2.20. The first kappa shape index (κ1) is 15.8. The molecule has 0 bridgehead atoms. The third-order valence-electron chi connectivity index (χ3n) is 2.69. The molecule has 116 valence electrons. The summed E-state index contributed by atoms with van der Waals surface area (Å²) < 4.78 is 17.4. The van der Waals surface area contributed by atoms with Gasteiger partial charge in [-0.15, -0.1) is 0 Å². The summed E-state index contributed by atoms with van der Waals surface area (Å²) in [6.45, 7) is 1.41. The second-order valence-corrected chi connectivity index (χ2v) is 6.08. The van der Waals surface area contributed by atoms with E-state index in [0.717, 1.165) is 0 Å². The lowest BCUT2D eigenvalue weighted by atomic mass is 10.3. The van der Waals surface area contributed by atoms with Gasteiger partial charge in [-0.05, 0) is 6.92 Å². The summed E-state index contributed by atoms with van der Waals surface area (Å²) in [6.07, 6.45) is -0.105. The van der Waals surface area contributed by atoms with E-state index in [1.807, 2.05) is 0 Å². The van der Waals surface area contributed by atoms with Gasteiger partial charge in [-0.25, -0.2) is 15.0 Å². The van der Waals surface area contributed by atoms with E-state index in [1.165, 1.54) is 6.33 Å². The zero-order valence-corrected chi connectivity index (χ0v) is 12.1. The Kier molecular flexibility index (Phi) is 4.55. The molecule has 0 fully saturated rings. The highest BCUT2D eigenvalue weighted by Crippen LogP contribution is 2.34. The Morgan fingerprint density at radius 1 is 1.48 bits per heavy atom. The van der Waals surface area contributed by atoms with E-state index in [-0.39, 0.29) is 12.4 Å². The van der Waals surface area contributed by atoms with Crippen LogP contribution in [0.4, 0.5) is 5.82 Å². The SMILES string of the molecule is Cc1nc(N)c2ncn(CC(CO)OCP(=O)(O)O)c2n1. The number of fused-ring (bicyclic) bond motifs is 1. The molecule has 2 aromatic heterocycles. The monoisotopic (exact) mass is 317 g/mol. The Labute approximate surface area is 119 Å². The molecular formula is C10H16N5O5P. The van der Waals surface area contributed by atoms with Crippen molar-refractivity contribution in [1.29, 1.82) is 0 Å². The molecule has 11 heteroatoms. The van der Waals surface area contributed by atoms with Crippen molar-refractivity contribution >= 4 is 24.6 Å². The Balaban J connectivity index is 2.20. The van der Waals surface area contributed by atoms with E-state index < -0.39 is 26.7 Å². The van der Waals surface area contributed by atoms with Crippen LogP contribution in [0, 0.1) is 6.92 Å². The quantitative estimate of drug-likeness (QED) is 0.502. The van der Waals surface area contributed by atoms with Gasteiger partial charge in [-0.1, -0.05) is 0 Å². The van der Waals surface area contributed by atoms with Crippen LogP contribution in [0.1, 0.15) is 5.82 Å². The first-order valence-electron chi connectivity index (χ1n) is 6.02. The molecule has 0 saturated carbocycles. The standard InChI is InChI=1S/C10H16N5O5P/c1-6-13-9(11)8-10(14-6)15(4-12-8)2-7(3-16)20-5-21(17,18)19/h4,7,16H,2-3,5H2,1H3,(H2,11,13,14)(H2,17,18,19). The maximum Gasteiger partial charge on any atom is 0.350 e. The Morgan fingerprint density at radius 3 is 2.81 bits per heavy atom. The van der Waals surface area contributed by atoms with Crippen molar-refractivity contribution in [3.05, 3.63) is 12.2 Å². The van der Waals surface area contributed by atoms with E-state index in [9.17, 15) is 9.67 Å². The van der Waals surface area contributed by atoms with Crippen LogP contribution in [0.5, 0.6) is 0 Å². The number of hydrogen-bond acceptors (Lipinski definition) is 7. The minimum atomic E-state index is -4.29. The van der Waals surface area contributed by atoms with Gasteiger partial charge in [0.05, 0.1) is 25.6 Å². The predicted octanol–water partition coefficient (Wildman–Crippen LogP) is -0.770. The largest absolute Gasteiger partial charge is 0.394 e. The number of nitrogen functional groups attached to an aromatic ring is 1. The van der Waals surface area contributed by atoms with Crippen LogP contribution in [0.2, 0.25) is 0 Å². The van der Waals surface area contributed by atoms with Crippen LogP contribution < -0.4 is 5.73 Å². The van der Waals surface area contributed by atoms with Crippen LogP contribution in [0.25, 0.3) is 11.2 Å². The molecule has 21 heavy (non-hydrogen) atoms. The number of imidazole rings is 1. The summed E-state index contributed by atoms with van der Waals surface area (Å²) in [5.74, 6) is 0.714. The van der Waals surface area contributed by atoms with E-state index in [4.69, 9.17) is 20.3 Å². The number of hydrogen-bond donors (Lipinski definition) is 4. The summed E-state index contributed by atoms with van der Waals surface area (Å²) in [5, 5.41) is 9.23. The van der Waals surface area contributed by atoms with Crippen molar-refractivity contribution in [2.75, 3.05) is 18.7 Å². The molecule has 0 aliphatic carbocycles. The van der Waals surface area contributed by atoms with Gasteiger partial charge in [0.1, 0.15) is 17.7 Å². The smallest absolute Gasteiger partial charge is 0.350 e. The summed E-state index contributed by atoms with van der Waals surface area (Å²) in [5.41, 5.74) is 6.63. The first-order valence-corrected chi connectivity index (χ1v) is 7.82. The lowest BCUT2D eigenvalue weighted by Crippen LogP contribution is -2.24. The maximum atomic E-state index is 10.8. The molecule has 10 nitrogen and oxygen atoms in total. The molecule has 0 saturated heterocycles. The fourth-order valence-electron chi connectivity index (χ4n) is 1.80. The maximum absolute atomic E-state index is 10.8. The minimum absolute atomic E-state index is 0.128. The molecule has 1 unspecified atom stereocenters. The van der Waals surface area contributed by atoms with Gasteiger partial charge in [0, 0.05) is 0 Å². The van der Waals surface area contributed by atoms with Gasteiger partial charge < -0.3 is 29.9 Å². The van der Waals surface area contributed by atoms with E-state index in [2.05, 4.69) is 15.0 Å². The number of aryl methyl sites for hydroxylation is 1. The van der Waals surface area contributed by atoms with Crippen LogP contribution in [0.15, 0.2) is 6.33 Å². The van der Waals surface area contributed by atoms with Gasteiger partial charge in [-0.3, -0.25) is 4.57 Å². The highest BCUT2D eigenvalue weighted by atomic mass is 31.2. The van der Waals surface area contributed by atoms with E-state index in [1.54, 1.807) is 11.5 Å². The number of rotatable bonds is 6. The summed E-state index contributed by atoms with van der Waals surface area (Å²) in [7, 11) is -4.29. The third-order valence-corrected chi connectivity index (χ3v) is 3.17. The summed E-state index contributed by atoms with van der Waals surface area (Å²) in [4.78, 5) is 29.8. The second-order valence-electron chi connectivity index (χ2n) is 4.49. The number of aromatic nitrogens is 4. The fraction of sp³-hybridized carbons (Fsp3) is 0.500. The molecule has 2 rings (SSSR count). The summed E-state index contributed by atoms with van der Waals surface area (Å²) >= 11 is 0. The van der Waals surface area contributed by atoms with Gasteiger partial charge in [0.25, 0.3) is 0 Å². The molecule has 2 aromatic rings. The molecule has 0 aliphatic rings. The van der Waals surface area contributed by atoms with Crippen LogP contribution in [0.3, 0.4) is 0 Å². The number of aliphatic hydroxyl groups is 1. The second kappa shape index (κ2) is 6.04. The molecule has 0 radical (unpaired) electrons. The normalized spacial score (nSPS) is 13.7. The van der Waals surface area contributed by atoms with Crippen molar-refractivity contribution in [2.45, 2.75) is 19.6 Å². The minimum Gasteiger partial charge on any atom is -0.394 e. The van der Waals surface area contributed by atoms with Crippen molar-refractivity contribution in [2.24, 2.45) is 0 Å². The van der Waals surface area contributed by atoms with Crippen molar-refractivity contribution in [1.82, 2.24) is 19.5 Å². The number of ether oxygens (including phenoxy) is 1. The Morgan fingerprint density at radius 2 is 2.19 bits per heavy atom. The molecule has 2 heterocycles. The summed E-state index contributed by atoms with van der Waals surface area (Å²) in [6, 6.07) is 0. The number of nitrogens with two attached hydrogens (primary N) is 1. The third kappa shape index (κ3) is 3.96. The molecule has 0 amide bonds. The Hall–Kier alpha value is -1.58. The van der Waals surface area contributed by atoms with Crippen molar-refractivity contribution in [3.8, 4) is 0 Å². The molecule has 0 aromatic carbocycles. The molecular weight excluding hydrogens is 301 g/mol. The van der Waals surface area contributed by atoms with Crippen LogP contribution in [-0.4, -0.2) is 53.5 Å². The zero-order chi connectivity index (χ0) is 15.6. The first-order chi connectivity index (χ1) is 9.80. The highest BCUT2D eigenvalue weighted by Gasteiger charge is 2.19. The highest BCUT2D eigenvalue weighted by molar-refractivity contribution is 7.51. The molecule has 1 atom stereocenters. The predicted molar refractivity (Wildman–Crippen MR) is 73.3 cm³/mol. The van der Waals surface area contributed by atoms with Crippen LogP contribution in [-0.2, 0) is 15.8 Å². The van der Waals surface area contributed by atoms with Crippen molar-refractivity contribution in [3.63, 3.8) is 0 Å². The van der Waals surface area contributed by atoms with Gasteiger partial charge >= 0.3 is 7.60 Å².